The average Bonchev–Trinajstić information content (AvgIpc) is 3.32. The zero-order chi connectivity index (χ0) is 21.4. The first-order chi connectivity index (χ1) is 15.2. The normalized spacial score (nSPS) is 22.7. The monoisotopic (exact) mass is 415 g/mol. The molecule has 1 aromatic heterocycles. The second-order valence-electron chi connectivity index (χ2n) is 7.38. The van der Waals surface area contributed by atoms with Crippen molar-refractivity contribution in [2.45, 2.75) is 19.1 Å². The SMILES string of the molecule is CCOc1ccc(N2C(=O)[C@H]3[C@@H](c4cccnc4)N(c4ccccc4)O[C@H]3C2=O)cc1. The Balaban J connectivity index is 1.52. The van der Waals surface area contributed by atoms with Crippen molar-refractivity contribution in [2.75, 3.05) is 16.6 Å². The molecule has 2 aliphatic heterocycles. The van der Waals surface area contributed by atoms with Crippen LogP contribution in [0.5, 0.6) is 5.75 Å². The maximum absolute atomic E-state index is 13.5. The fourth-order valence-corrected chi connectivity index (χ4v) is 4.22. The fourth-order valence-electron chi connectivity index (χ4n) is 4.22. The predicted octanol–water partition coefficient (Wildman–Crippen LogP) is 3.53. The van der Waals surface area contributed by atoms with Gasteiger partial charge >= 0.3 is 0 Å². The molecule has 2 aliphatic rings. The number of anilines is 2. The van der Waals surface area contributed by atoms with Gasteiger partial charge in [-0.2, -0.15) is 0 Å². The van der Waals surface area contributed by atoms with Gasteiger partial charge in [-0.1, -0.05) is 24.3 Å². The van der Waals surface area contributed by atoms with E-state index in [1.165, 1.54) is 4.90 Å². The third kappa shape index (κ3) is 3.23. The Morgan fingerprint density at radius 3 is 2.39 bits per heavy atom. The number of amides is 2. The van der Waals surface area contributed by atoms with E-state index in [4.69, 9.17) is 9.57 Å². The van der Waals surface area contributed by atoms with E-state index in [0.29, 0.717) is 18.0 Å². The second kappa shape index (κ2) is 7.85. The first-order valence-corrected chi connectivity index (χ1v) is 10.2. The van der Waals surface area contributed by atoms with Crippen LogP contribution in [0.2, 0.25) is 0 Å². The molecule has 0 radical (unpaired) electrons. The number of pyridine rings is 1. The quantitative estimate of drug-likeness (QED) is 0.594. The van der Waals surface area contributed by atoms with Crippen LogP contribution >= 0.6 is 0 Å². The Kier molecular flexibility index (Phi) is 4.88. The summed E-state index contributed by atoms with van der Waals surface area (Å²) in [5.74, 6) is -0.647. The van der Waals surface area contributed by atoms with Gasteiger partial charge in [0.15, 0.2) is 6.10 Å². The number of nitrogens with zero attached hydrogens (tertiary/aromatic N) is 3. The van der Waals surface area contributed by atoms with E-state index in [1.54, 1.807) is 41.7 Å². The number of fused-ring (bicyclic) bond motifs is 1. The summed E-state index contributed by atoms with van der Waals surface area (Å²) in [6.45, 7) is 2.44. The number of hydroxylamine groups is 1. The van der Waals surface area contributed by atoms with Crippen LogP contribution in [0.3, 0.4) is 0 Å². The van der Waals surface area contributed by atoms with E-state index in [2.05, 4.69) is 4.98 Å². The molecule has 0 saturated carbocycles. The molecule has 0 spiro atoms. The highest BCUT2D eigenvalue weighted by Crippen LogP contribution is 2.47. The Hall–Kier alpha value is -3.71. The molecule has 2 amide bonds. The lowest BCUT2D eigenvalue weighted by Crippen LogP contribution is -2.37. The predicted molar refractivity (Wildman–Crippen MR) is 114 cm³/mol. The minimum Gasteiger partial charge on any atom is -0.494 e. The lowest BCUT2D eigenvalue weighted by atomic mass is 9.91. The molecule has 0 unspecified atom stereocenters. The number of hydrogen-bond acceptors (Lipinski definition) is 6. The zero-order valence-electron chi connectivity index (χ0n) is 16.9. The van der Waals surface area contributed by atoms with Gasteiger partial charge in [-0.15, -0.1) is 0 Å². The average molecular weight is 415 g/mol. The summed E-state index contributed by atoms with van der Waals surface area (Å²) in [6.07, 6.45) is 2.49. The summed E-state index contributed by atoms with van der Waals surface area (Å²) in [7, 11) is 0. The Morgan fingerprint density at radius 1 is 0.935 bits per heavy atom. The summed E-state index contributed by atoms with van der Waals surface area (Å²) >= 11 is 0. The lowest BCUT2D eigenvalue weighted by molar-refractivity contribution is -0.126. The number of para-hydroxylation sites is 1. The van der Waals surface area contributed by atoms with Gasteiger partial charge in [0.1, 0.15) is 11.7 Å². The van der Waals surface area contributed by atoms with E-state index >= 15 is 0 Å². The van der Waals surface area contributed by atoms with E-state index in [1.807, 2.05) is 49.4 Å². The topological polar surface area (TPSA) is 72.0 Å². The first kappa shape index (κ1) is 19.3. The molecule has 3 heterocycles. The third-order valence-electron chi connectivity index (χ3n) is 5.56. The van der Waals surface area contributed by atoms with Crippen molar-refractivity contribution in [3.63, 3.8) is 0 Å². The number of carbonyl (C=O) groups is 2. The standard InChI is InChI=1S/C24H21N3O4/c1-2-30-19-12-10-17(11-13-19)26-23(28)20-21(16-7-6-14-25-15-16)27(31-22(20)24(26)29)18-8-4-3-5-9-18/h3-15,20-22H,2H2,1H3/t20-,21+,22+/m0/s1. The minimum atomic E-state index is -0.899. The molecular weight excluding hydrogens is 394 g/mol. The van der Waals surface area contributed by atoms with Crippen LogP contribution in [0, 0.1) is 5.92 Å². The van der Waals surface area contributed by atoms with Gasteiger partial charge in [0.2, 0.25) is 5.91 Å². The number of benzene rings is 2. The third-order valence-corrected chi connectivity index (χ3v) is 5.56. The summed E-state index contributed by atoms with van der Waals surface area (Å²) in [6, 6.07) is 19.7. The van der Waals surface area contributed by atoms with E-state index in [-0.39, 0.29) is 11.8 Å². The van der Waals surface area contributed by atoms with Crippen LogP contribution in [0.1, 0.15) is 18.5 Å². The van der Waals surface area contributed by atoms with Crippen molar-refractivity contribution in [1.29, 1.82) is 0 Å². The number of aromatic nitrogens is 1. The van der Waals surface area contributed by atoms with E-state index in [9.17, 15) is 9.59 Å². The molecule has 0 aliphatic carbocycles. The van der Waals surface area contributed by atoms with Crippen molar-refractivity contribution < 1.29 is 19.2 Å². The molecule has 2 fully saturated rings. The zero-order valence-corrected chi connectivity index (χ0v) is 16.9. The molecule has 3 aromatic rings. The van der Waals surface area contributed by atoms with Crippen LogP contribution in [0.15, 0.2) is 79.1 Å². The minimum absolute atomic E-state index is 0.286. The molecule has 3 atom stereocenters. The second-order valence-corrected chi connectivity index (χ2v) is 7.38. The van der Waals surface area contributed by atoms with Gasteiger partial charge in [-0.25, -0.2) is 9.96 Å². The molecule has 156 valence electrons. The number of hydrogen-bond donors (Lipinski definition) is 0. The van der Waals surface area contributed by atoms with Gasteiger partial charge in [-0.05, 0) is 55.0 Å². The summed E-state index contributed by atoms with van der Waals surface area (Å²) in [5, 5.41) is 1.66. The van der Waals surface area contributed by atoms with Crippen molar-refractivity contribution >= 4 is 23.2 Å². The summed E-state index contributed by atoms with van der Waals surface area (Å²) < 4.78 is 5.46. The lowest BCUT2D eigenvalue weighted by Gasteiger charge is -2.28. The highest BCUT2D eigenvalue weighted by molar-refractivity contribution is 6.23. The molecule has 0 N–H and O–H groups in total. The van der Waals surface area contributed by atoms with Crippen molar-refractivity contribution in [2.24, 2.45) is 5.92 Å². The van der Waals surface area contributed by atoms with E-state index < -0.39 is 18.1 Å². The van der Waals surface area contributed by atoms with Crippen LogP contribution in [-0.2, 0) is 14.4 Å². The molecular formula is C24H21N3O4. The van der Waals surface area contributed by atoms with Gasteiger partial charge in [0.25, 0.3) is 5.91 Å². The molecule has 0 bridgehead atoms. The number of rotatable bonds is 5. The number of imide groups is 1. The van der Waals surface area contributed by atoms with Crippen molar-refractivity contribution in [1.82, 2.24) is 4.98 Å². The van der Waals surface area contributed by atoms with Crippen LogP contribution in [0.4, 0.5) is 11.4 Å². The van der Waals surface area contributed by atoms with Crippen molar-refractivity contribution in [3.8, 4) is 5.75 Å². The Morgan fingerprint density at radius 2 is 1.71 bits per heavy atom. The van der Waals surface area contributed by atoms with Gasteiger partial charge in [-0.3, -0.25) is 19.4 Å². The van der Waals surface area contributed by atoms with Crippen molar-refractivity contribution in [3.05, 3.63) is 84.7 Å². The highest BCUT2D eigenvalue weighted by atomic mass is 16.7. The van der Waals surface area contributed by atoms with Crippen LogP contribution in [0.25, 0.3) is 0 Å². The molecule has 7 nitrogen and oxygen atoms in total. The highest BCUT2D eigenvalue weighted by Gasteiger charge is 2.60. The Labute approximate surface area is 179 Å². The van der Waals surface area contributed by atoms with Gasteiger partial charge in [0, 0.05) is 12.4 Å². The summed E-state index contributed by atoms with van der Waals surface area (Å²) in [5.41, 5.74) is 2.10. The number of carbonyl (C=O) groups excluding carboxylic acids is 2. The number of ether oxygens (including phenoxy) is 1. The smallest absolute Gasteiger partial charge is 0.266 e. The Bertz CT molecular complexity index is 1090. The van der Waals surface area contributed by atoms with Gasteiger partial charge in [0.05, 0.1) is 24.0 Å². The maximum atomic E-state index is 13.5. The fraction of sp³-hybridized carbons (Fsp3) is 0.208. The van der Waals surface area contributed by atoms with Gasteiger partial charge < -0.3 is 4.74 Å². The molecule has 5 rings (SSSR count). The van der Waals surface area contributed by atoms with E-state index in [0.717, 1.165) is 11.3 Å². The largest absolute Gasteiger partial charge is 0.494 e. The maximum Gasteiger partial charge on any atom is 0.266 e. The van der Waals surface area contributed by atoms with Crippen LogP contribution < -0.4 is 14.7 Å². The molecule has 31 heavy (non-hydrogen) atoms. The molecule has 2 aromatic carbocycles. The molecule has 7 heteroatoms. The first-order valence-electron chi connectivity index (χ1n) is 10.2. The summed E-state index contributed by atoms with van der Waals surface area (Å²) in [4.78, 5) is 38.3. The van der Waals surface area contributed by atoms with Crippen LogP contribution in [-0.4, -0.2) is 29.5 Å². The molecule has 2 saturated heterocycles.